The standard InChI is InChI=1S/C17H22BrNS/c1-12(2)19-10-15(8-17-9-16(18)11-20-17)14-6-4-13(3)5-7-14/h4-7,9,11-12,15,19H,8,10H2,1-3H3. The summed E-state index contributed by atoms with van der Waals surface area (Å²) < 4.78 is 1.19. The molecule has 0 bridgehead atoms. The maximum atomic E-state index is 3.58. The van der Waals surface area contributed by atoms with Crippen molar-refractivity contribution in [1.82, 2.24) is 5.32 Å². The van der Waals surface area contributed by atoms with Crippen LogP contribution >= 0.6 is 27.3 Å². The van der Waals surface area contributed by atoms with Crippen molar-refractivity contribution in [2.45, 2.75) is 39.2 Å². The number of thiophene rings is 1. The van der Waals surface area contributed by atoms with Crippen LogP contribution in [0.15, 0.2) is 40.2 Å². The van der Waals surface area contributed by atoms with Crippen LogP contribution in [-0.4, -0.2) is 12.6 Å². The minimum absolute atomic E-state index is 0.526. The Morgan fingerprint density at radius 2 is 1.90 bits per heavy atom. The maximum Gasteiger partial charge on any atom is 0.0285 e. The molecule has 1 atom stereocenters. The van der Waals surface area contributed by atoms with Gasteiger partial charge in [0.1, 0.15) is 0 Å². The number of benzene rings is 1. The van der Waals surface area contributed by atoms with Crippen LogP contribution in [0.5, 0.6) is 0 Å². The molecule has 1 nitrogen and oxygen atoms in total. The second-order valence-corrected chi connectivity index (χ2v) is 7.52. The molecule has 108 valence electrons. The van der Waals surface area contributed by atoms with Crippen LogP contribution in [0, 0.1) is 6.92 Å². The van der Waals surface area contributed by atoms with E-state index in [0.717, 1.165) is 13.0 Å². The van der Waals surface area contributed by atoms with Gasteiger partial charge >= 0.3 is 0 Å². The zero-order chi connectivity index (χ0) is 14.5. The van der Waals surface area contributed by atoms with Gasteiger partial charge in [0, 0.05) is 33.2 Å². The van der Waals surface area contributed by atoms with Gasteiger partial charge in [-0.05, 0) is 40.9 Å². The molecule has 2 aromatic rings. The molecule has 0 amide bonds. The average Bonchev–Trinajstić information content (AvgIpc) is 2.81. The Morgan fingerprint density at radius 3 is 2.45 bits per heavy atom. The Balaban J connectivity index is 2.13. The van der Waals surface area contributed by atoms with Crippen LogP contribution in [0.25, 0.3) is 0 Å². The normalized spacial score (nSPS) is 12.8. The topological polar surface area (TPSA) is 12.0 Å². The molecule has 0 fully saturated rings. The molecule has 1 aromatic carbocycles. The van der Waals surface area contributed by atoms with Crippen molar-refractivity contribution < 1.29 is 0 Å². The van der Waals surface area contributed by atoms with Crippen molar-refractivity contribution >= 4 is 27.3 Å². The number of hydrogen-bond donors (Lipinski definition) is 1. The van der Waals surface area contributed by atoms with Crippen LogP contribution in [0.4, 0.5) is 0 Å². The molecule has 0 radical (unpaired) electrons. The minimum Gasteiger partial charge on any atom is -0.314 e. The van der Waals surface area contributed by atoms with Crippen LogP contribution in [-0.2, 0) is 6.42 Å². The summed E-state index contributed by atoms with van der Waals surface area (Å²) in [7, 11) is 0. The van der Waals surface area contributed by atoms with Gasteiger partial charge < -0.3 is 5.32 Å². The highest BCUT2D eigenvalue weighted by Gasteiger charge is 2.14. The number of hydrogen-bond acceptors (Lipinski definition) is 2. The van der Waals surface area contributed by atoms with Crippen LogP contribution < -0.4 is 5.32 Å². The minimum atomic E-state index is 0.526. The van der Waals surface area contributed by atoms with Crippen molar-refractivity contribution in [2.75, 3.05) is 6.54 Å². The third-order valence-electron chi connectivity index (χ3n) is 3.39. The quantitative estimate of drug-likeness (QED) is 0.759. The maximum absolute atomic E-state index is 3.58. The summed E-state index contributed by atoms with van der Waals surface area (Å²) in [5.41, 5.74) is 2.75. The lowest BCUT2D eigenvalue weighted by molar-refractivity contribution is 0.528. The summed E-state index contributed by atoms with van der Waals surface area (Å²) in [5.74, 6) is 0.531. The first kappa shape index (κ1) is 15.7. The molecule has 20 heavy (non-hydrogen) atoms. The smallest absolute Gasteiger partial charge is 0.0285 e. The van der Waals surface area contributed by atoms with Gasteiger partial charge in [0.2, 0.25) is 0 Å². The van der Waals surface area contributed by atoms with E-state index in [1.165, 1.54) is 20.5 Å². The van der Waals surface area contributed by atoms with E-state index in [1.54, 1.807) is 0 Å². The molecule has 3 heteroatoms. The number of nitrogens with one attached hydrogen (secondary N) is 1. The summed E-state index contributed by atoms with van der Waals surface area (Å²) in [5, 5.41) is 5.74. The van der Waals surface area contributed by atoms with E-state index in [9.17, 15) is 0 Å². The molecule has 1 N–H and O–H groups in total. The van der Waals surface area contributed by atoms with E-state index in [4.69, 9.17) is 0 Å². The summed E-state index contributed by atoms with van der Waals surface area (Å²) >= 11 is 5.38. The monoisotopic (exact) mass is 351 g/mol. The number of halogens is 1. The van der Waals surface area contributed by atoms with E-state index < -0.39 is 0 Å². The molecular formula is C17H22BrNS. The first-order chi connectivity index (χ1) is 9.54. The van der Waals surface area contributed by atoms with Crippen molar-refractivity contribution in [3.05, 3.63) is 56.2 Å². The molecular weight excluding hydrogens is 330 g/mol. The van der Waals surface area contributed by atoms with E-state index in [2.05, 4.69) is 77.7 Å². The molecule has 1 aromatic heterocycles. The molecule has 2 rings (SSSR count). The predicted octanol–water partition coefficient (Wildman–Crippen LogP) is 5.14. The van der Waals surface area contributed by atoms with E-state index >= 15 is 0 Å². The highest BCUT2D eigenvalue weighted by molar-refractivity contribution is 9.10. The summed E-state index contributed by atoms with van der Waals surface area (Å²) in [6, 6.07) is 11.7. The first-order valence-corrected chi connectivity index (χ1v) is 8.74. The Kier molecular flexibility index (Phi) is 5.82. The molecule has 1 heterocycles. The van der Waals surface area contributed by atoms with Crippen molar-refractivity contribution in [3.8, 4) is 0 Å². The largest absolute Gasteiger partial charge is 0.314 e. The molecule has 0 spiro atoms. The Morgan fingerprint density at radius 1 is 1.20 bits per heavy atom. The first-order valence-electron chi connectivity index (χ1n) is 7.07. The Hall–Kier alpha value is -0.640. The third-order valence-corrected chi connectivity index (χ3v) is 5.11. The molecule has 0 aliphatic heterocycles. The van der Waals surface area contributed by atoms with Crippen molar-refractivity contribution in [1.29, 1.82) is 0 Å². The lowest BCUT2D eigenvalue weighted by Crippen LogP contribution is -2.28. The second-order valence-electron chi connectivity index (χ2n) is 5.61. The molecule has 0 saturated heterocycles. The number of rotatable bonds is 6. The van der Waals surface area contributed by atoms with E-state index in [-0.39, 0.29) is 0 Å². The van der Waals surface area contributed by atoms with E-state index in [0.29, 0.717) is 12.0 Å². The fourth-order valence-corrected chi connectivity index (χ4v) is 3.76. The van der Waals surface area contributed by atoms with Gasteiger partial charge in [-0.2, -0.15) is 0 Å². The van der Waals surface area contributed by atoms with Crippen molar-refractivity contribution in [2.24, 2.45) is 0 Å². The SMILES string of the molecule is Cc1ccc(C(CNC(C)C)Cc2cc(Br)cs2)cc1. The summed E-state index contributed by atoms with van der Waals surface area (Å²) in [4.78, 5) is 1.44. The lowest BCUT2D eigenvalue weighted by atomic mass is 9.94. The predicted molar refractivity (Wildman–Crippen MR) is 92.8 cm³/mol. The van der Waals surface area contributed by atoms with Gasteiger partial charge in [-0.25, -0.2) is 0 Å². The van der Waals surface area contributed by atoms with Gasteiger partial charge in [0.25, 0.3) is 0 Å². The van der Waals surface area contributed by atoms with Gasteiger partial charge in [-0.1, -0.05) is 43.7 Å². The van der Waals surface area contributed by atoms with Crippen LogP contribution in [0.1, 0.15) is 35.8 Å². The van der Waals surface area contributed by atoms with Gasteiger partial charge in [-0.15, -0.1) is 11.3 Å². The van der Waals surface area contributed by atoms with Crippen molar-refractivity contribution in [3.63, 3.8) is 0 Å². The Labute approximate surface area is 134 Å². The number of aryl methyl sites for hydroxylation is 1. The molecule has 0 aliphatic carbocycles. The van der Waals surface area contributed by atoms with Gasteiger partial charge in [0.05, 0.1) is 0 Å². The fourth-order valence-electron chi connectivity index (χ4n) is 2.23. The lowest BCUT2D eigenvalue weighted by Gasteiger charge is -2.19. The molecule has 1 unspecified atom stereocenters. The second kappa shape index (κ2) is 7.39. The average molecular weight is 352 g/mol. The Bertz CT molecular complexity index is 530. The van der Waals surface area contributed by atoms with Crippen LogP contribution in [0.2, 0.25) is 0 Å². The van der Waals surface area contributed by atoms with Gasteiger partial charge in [-0.3, -0.25) is 0 Å². The van der Waals surface area contributed by atoms with Gasteiger partial charge in [0.15, 0.2) is 0 Å². The van der Waals surface area contributed by atoms with Crippen LogP contribution in [0.3, 0.4) is 0 Å². The highest BCUT2D eigenvalue weighted by Crippen LogP contribution is 2.27. The highest BCUT2D eigenvalue weighted by atomic mass is 79.9. The molecule has 0 aliphatic rings. The zero-order valence-corrected chi connectivity index (χ0v) is 14.7. The van der Waals surface area contributed by atoms with E-state index in [1.807, 2.05) is 11.3 Å². The summed E-state index contributed by atoms with van der Waals surface area (Å²) in [6.07, 6.45) is 1.10. The fraction of sp³-hybridized carbons (Fsp3) is 0.412. The zero-order valence-electron chi connectivity index (χ0n) is 12.3. The molecule has 0 saturated carbocycles. The third kappa shape index (κ3) is 4.72. The summed E-state index contributed by atoms with van der Waals surface area (Å²) in [6.45, 7) is 7.57.